The van der Waals surface area contributed by atoms with Gasteiger partial charge in [-0.05, 0) is 19.3 Å². The highest BCUT2D eigenvalue weighted by Crippen LogP contribution is 2.25. The SMILES string of the molecule is Nc1nc(Cl)cc(OC2CCC2)n1. The Kier molecular flexibility index (Phi) is 2.22. The molecule has 2 N–H and O–H groups in total. The third kappa shape index (κ3) is 2.01. The van der Waals surface area contributed by atoms with E-state index < -0.39 is 0 Å². The first-order chi connectivity index (χ1) is 6.24. The number of nitrogens with two attached hydrogens (primary N) is 1. The summed E-state index contributed by atoms with van der Waals surface area (Å²) >= 11 is 5.68. The van der Waals surface area contributed by atoms with Gasteiger partial charge < -0.3 is 10.5 Å². The lowest BCUT2D eigenvalue weighted by Crippen LogP contribution is -2.25. The fourth-order valence-corrected chi connectivity index (χ4v) is 1.31. The average molecular weight is 200 g/mol. The first kappa shape index (κ1) is 8.56. The van der Waals surface area contributed by atoms with Crippen molar-refractivity contribution in [3.8, 4) is 5.88 Å². The maximum absolute atomic E-state index is 5.68. The van der Waals surface area contributed by atoms with E-state index >= 15 is 0 Å². The quantitative estimate of drug-likeness (QED) is 0.736. The summed E-state index contributed by atoms with van der Waals surface area (Å²) in [4.78, 5) is 7.65. The fraction of sp³-hybridized carbons (Fsp3) is 0.500. The Bertz CT molecular complexity index is 294. The van der Waals surface area contributed by atoms with Gasteiger partial charge in [0.2, 0.25) is 11.8 Å². The van der Waals surface area contributed by atoms with Gasteiger partial charge in [0, 0.05) is 6.07 Å². The molecule has 0 aliphatic heterocycles. The molecule has 1 heterocycles. The first-order valence-corrected chi connectivity index (χ1v) is 4.58. The summed E-state index contributed by atoms with van der Waals surface area (Å²) in [5.41, 5.74) is 5.41. The molecule has 0 bridgehead atoms. The molecule has 0 spiro atoms. The van der Waals surface area contributed by atoms with Crippen molar-refractivity contribution in [1.82, 2.24) is 9.97 Å². The Morgan fingerprint density at radius 2 is 2.23 bits per heavy atom. The van der Waals surface area contributed by atoms with Gasteiger partial charge in [-0.15, -0.1) is 0 Å². The number of anilines is 1. The van der Waals surface area contributed by atoms with Crippen LogP contribution in [-0.4, -0.2) is 16.1 Å². The number of hydrogen-bond acceptors (Lipinski definition) is 4. The van der Waals surface area contributed by atoms with E-state index in [0.717, 1.165) is 12.8 Å². The molecule has 0 unspecified atom stereocenters. The van der Waals surface area contributed by atoms with Gasteiger partial charge in [0.1, 0.15) is 11.3 Å². The minimum Gasteiger partial charge on any atom is -0.474 e. The van der Waals surface area contributed by atoms with Gasteiger partial charge in [-0.25, -0.2) is 4.98 Å². The summed E-state index contributed by atoms with van der Waals surface area (Å²) in [6.45, 7) is 0. The van der Waals surface area contributed by atoms with E-state index in [-0.39, 0.29) is 12.1 Å². The zero-order chi connectivity index (χ0) is 9.26. The Hall–Kier alpha value is -1.03. The zero-order valence-corrected chi connectivity index (χ0v) is 7.79. The Morgan fingerprint density at radius 1 is 1.46 bits per heavy atom. The van der Waals surface area contributed by atoms with Crippen LogP contribution in [0.5, 0.6) is 5.88 Å². The second-order valence-corrected chi connectivity index (χ2v) is 3.45. The second kappa shape index (κ2) is 3.38. The van der Waals surface area contributed by atoms with Crippen LogP contribution in [0.25, 0.3) is 0 Å². The van der Waals surface area contributed by atoms with Crippen molar-refractivity contribution in [2.24, 2.45) is 0 Å². The van der Waals surface area contributed by atoms with Gasteiger partial charge in [0.15, 0.2) is 0 Å². The largest absolute Gasteiger partial charge is 0.474 e. The summed E-state index contributed by atoms with van der Waals surface area (Å²) in [6, 6.07) is 1.58. The van der Waals surface area contributed by atoms with Crippen LogP contribution in [0.4, 0.5) is 5.95 Å². The highest BCUT2D eigenvalue weighted by Gasteiger charge is 2.19. The minimum absolute atomic E-state index is 0.154. The summed E-state index contributed by atoms with van der Waals surface area (Å²) in [6.07, 6.45) is 3.67. The fourth-order valence-electron chi connectivity index (χ4n) is 1.13. The van der Waals surface area contributed by atoms with Crippen molar-refractivity contribution >= 4 is 17.5 Å². The molecule has 1 aromatic heterocycles. The third-order valence-electron chi connectivity index (χ3n) is 2.03. The summed E-state index contributed by atoms with van der Waals surface area (Å²) in [5.74, 6) is 0.629. The topological polar surface area (TPSA) is 61.0 Å². The van der Waals surface area contributed by atoms with Crippen molar-refractivity contribution in [2.45, 2.75) is 25.4 Å². The predicted octanol–water partition coefficient (Wildman–Crippen LogP) is 1.64. The van der Waals surface area contributed by atoms with E-state index in [1.165, 1.54) is 6.42 Å². The monoisotopic (exact) mass is 199 g/mol. The van der Waals surface area contributed by atoms with E-state index in [9.17, 15) is 0 Å². The maximum atomic E-state index is 5.68. The molecule has 0 amide bonds. The summed E-state index contributed by atoms with van der Waals surface area (Å²) in [7, 11) is 0. The van der Waals surface area contributed by atoms with Gasteiger partial charge in [-0.2, -0.15) is 4.98 Å². The van der Waals surface area contributed by atoms with Gasteiger partial charge >= 0.3 is 0 Å². The van der Waals surface area contributed by atoms with E-state index in [1.54, 1.807) is 6.07 Å². The molecule has 1 aliphatic rings. The van der Waals surface area contributed by atoms with Crippen molar-refractivity contribution in [3.63, 3.8) is 0 Å². The maximum Gasteiger partial charge on any atom is 0.224 e. The molecule has 13 heavy (non-hydrogen) atoms. The Balaban J connectivity index is 2.10. The first-order valence-electron chi connectivity index (χ1n) is 4.21. The number of halogens is 1. The molecular weight excluding hydrogens is 190 g/mol. The van der Waals surface area contributed by atoms with Gasteiger partial charge in [0.05, 0.1) is 0 Å². The number of ether oxygens (including phenoxy) is 1. The molecule has 1 aromatic rings. The highest BCUT2D eigenvalue weighted by atomic mass is 35.5. The minimum atomic E-state index is 0.154. The van der Waals surface area contributed by atoms with Crippen molar-refractivity contribution in [1.29, 1.82) is 0 Å². The third-order valence-corrected chi connectivity index (χ3v) is 2.22. The predicted molar refractivity (Wildman–Crippen MR) is 49.7 cm³/mol. The lowest BCUT2D eigenvalue weighted by Gasteiger charge is -2.25. The van der Waals surface area contributed by atoms with Crippen molar-refractivity contribution < 1.29 is 4.74 Å². The Labute approximate surface area is 81.1 Å². The second-order valence-electron chi connectivity index (χ2n) is 3.06. The van der Waals surface area contributed by atoms with Crippen LogP contribution in [-0.2, 0) is 0 Å². The standard InChI is InChI=1S/C8H10ClN3O/c9-6-4-7(12-8(10)11-6)13-5-2-1-3-5/h4-5H,1-3H2,(H2,10,11,12). The lowest BCUT2D eigenvalue weighted by molar-refractivity contribution is 0.114. The molecule has 1 fully saturated rings. The van der Waals surface area contributed by atoms with Crippen LogP contribution in [0.2, 0.25) is 5.15 Å². The van der Waals surface area contributed by atoms with Crippen molar-refractivity contribution in [3.05, 3.63) is 11.2 Å². The molecule has 2 rings (SSSR count). The number of nitrogen functional groups attached to an aromatic ring is 1. The average Bonchev–Trinajstić information content (AvgIpc) is 1.95. The molecule has 70 valence electrons. The van der Waals surface area contributed by atoms with Crippen LogP contribution in [0, 0.1) is 0 Å². The van der Waals surface area contributed by atoms with Gasteiger partial charge in [-0.1, -0.05) is 11.6 Å². The van der Waals surface area contributed by atoms with Gasteiger partial charge in [-0.3, -0.25) is 0 Å². The number of aromatic nitrogens is 2. The summed E-state index contributed by atoms with van der Waals surface area (Å²) < 4.78 is 5.50. The van der Waals surface area contributed by atoms with Crippen LogP contribution in [0.3, 0.4) is 0 Å². The number of rotatable bonds is 2. The number of hydrogen-bond donors (Lipinski definition) is 1. The smallest absolute Gasteiger partial charge is 0.224 e. The molecule has 0 radical (unpaired) electrons. The molecule has 4 nitrogen and oxygen atoms in total. The lowest BCUT2D eigenvalue weighted by atomic mass is 9.96. The van der Waals surface area contributed by atoms with Gasteiger partial charge in [0.25, 0.3) is 0 Å². The van der Waals surface area contributed by atoms with Crippen LogP contribution in [0.1, 0.15) is 19.3 Å². The van der Waals surface area contributed by atoms with E-state index in [4.69, 9.17) is 22.1 Å². The Morgan fingerprint density at radius 3 is 2.77 bits per heavy atom. The molecular formula is C8H10ClN3O. The molecule has 1 saturated carbocycles. The zero-order valence-electron chi connectivity index (χ0n) is 7.03. The molecule has 0 saturated heterocycles. The van der Waals surface area contributed by atoms with Crippen LogP contribution < -0.4 is 10.5 Å². The highest BCUT2D eigenvalue weighted by molar-refractivity contribution is 6.29. The van der Waals surface area contributed by atoms with E-state index in [1.807, 2.05) is 0 Å². The van der Waals surface area contributed by atoms with Crippen LogP contribution in [0.15, 0.2) is 6.07 Å². The van der Waals surface area contributed by atoms with E-state index in [0.29, 0.717) is 11.0 Å². The molecule has 0 aromatic carbocycles. The molecule has 5 heteroatoms. The van der Waals surface area contributed by atoms with E-state index in [2.05, 4.69) is 9.97 Å². The number of nitrogens with zero attached hydrogens (tertiary/aromatic N) is 2. The summed E-state index contributed by atoms with van der Waals surface area (Å²) in [5, 5.41) is 0.321. The molecule has 1 aliphatic carbocycles. The van der Waals surface area contributed by atoms with Crippen molar-refractivity contribution in [2.75, 3.05) is 5.73 Å². The van der Waals surface area contributed by atoms with Crippen LogP contribution >= 0.6 is 11.6 Å². The normalized spacial score (nSPS) is 16.7. The molecule has 0 atom stereocenters.